The number of hydrogen-bond acceptors (Lipinski definition) is 1. The van der Waals surface area contributed by atoms with Crippen molar-refractivity contribution >= 4 is 28.5 Å². The largest absolute Gasteiger partial charge is 0.481 e. The molecule has 4 heteroatoms. The third-order valence-corrected chi connectivity index (χ3v) is 4.39. The number of benzene rings is 1. The van der Waals surface area contributed by atoms with E-state index >= 15 is 0 Å². The van der Waals surface area contributed by atoms with Crippen LogP contribution in [-0.4, -0.2) is 15.6 Å². The number of rotatable bonds is 2. The number of aryl methyl sites for hydroxylation is 1. The van der Waals surface area contributed by atoms with Crippen molar-refractivity contribution in [3.63, 3.8) is 0 Å². The van der Waals surface area contributed by atoms with E-state index in [-0.39, 0.29) is 0 Å². The minimum Gasteiger partial charge on any atom is -0.481 e. The van der Waals surface area contributed by atoms with E-state index in [0.717, 1.165) is 22.9 Å². The second kappa shape index (κ2) is 3.75. The van der Waals surface area contributed by atoms with Gasteiger partial charge in [0.1, 0.15) is 0 Å². The van der Waals surface area contributed by atoms with Crippen molar-refractivity contribution in [2.24, 2.45) is 7.05 Å². The number of aliphatic carboxylic acids is 1. The van der Waals surface area contributed by atoms with Crippen molar-refractivity contribution in [1.82, 2.24) is 4.57 Å². The molecule has 1 saturated carbocycles. The molecule has 0 spiro atoms. The highest BCUT2D eigenvalue weighted by Gasteiger charge is 2.47. The van der Waals surface area contributed by atoms with Crippen LogP contribution in [0.1, 0.15) is 24.8 Å². The lowest BCUT2D eigenvalue weighted by Gasteiger charge is -2.37. The van der Waals surface area contributed by atoms with Gasteiger partial charge >= 0.3 is 5.97 Å². The number of halogens is 1. The predicted molar refractivity (Wildman–Crippen MR) is 71.1 cm³/mol. The third kappa shape index (κ3) is 1.34. The van der Waals surface area contributed by atoms with Gasteiger partial charge in [-0.15, -0.1) is 0 Å². The normalized spacial score (nSPS) is 17.7. The summed E-state index contributed by atoms with van der Waals surface area (Å²) in [6.45, 7) is 0. The molecule has 0 saturated heterocycles. The number of hydrogen-bond donors (Lipinski definition) is 1. The Morgan fingerprint density at radius 1 is 1.44 bits per heavy atom. The van der Waals surface area contributed by atoms with Crippen LogP contribution in [-0.2, 0) is 17.3 Å². The first-order valence-electron chi connectivity index (χ1n) is 6.04. The summed E-state index contributed by atoms with van der Waals surface area (Å²) >= 11 is 6.20. The van der Waals surface area contributed by atoms with E-state index in [0.29, 0.717) is 17.9 Å². The summed E-state index contributed by atoms with van der Waals surface area (Å²) in [7, 11) is 1.91. The van der Waals surface area contributed by atoms with Crippen LogP contribution in [0.15, 0.2) is 24.4 Å². The first-order valence-corrected chi connectivity index (χ1v) is 6.41. The van der Waals surface area contributed by atoms with Gasteiger partial charge in [-0.2, -0.15) is 0 Å². The van der Waals surface area contributed by atoms with Gasteiger partial charge in [0, 0.05) is 18.6 Å². The number of aromatic nitrogens is 1. The quantitative estimate of drug-likeness (QED) is 0.903. The summed E-state index contributed by atoms with van der Waals surface area (Å²) in [5.74, 6) is -0.721. The molecule has 18 heavy (non-hydrogen) atoms. The highest BCUT2D eigenvalue weighted by Crippen LogP contribution is 2.47. The fraction of sp³-hybridized carbons (Fsp3) is 0.357. The van der Waals surface area contributed by atoms with Crippen molar-refractivity contribution in [2.45, 2.75) is 24.7 Å². The van der Waals surface area contributed by atoms with E-state index < -0.39 is 11.4 Å². The second-order valence-corrected chi connectivity index (χ2v) is 5.44. The summed E-state index contributed by atoms with van der Waals surface area (Å²) < 4.78 is 1.93. The van der Waals surface area contributed by atoms with E-state index in [4.69, 9.17) is 11.6 Å². The monoisotopic (exact) mass is 263 g/mol. The van der Waals surface area contributed by atoms with Crippen LogP contribution >= 0.6 is 11.6 Å². The maximum Gasteiger partial charge on any atom is 0.314 e. The third-order valence-electron chi connectivity index (χ3n) is 4.08. The molecule has 0 radical (unpaired) electrons. The van der Waals surface area contributed by atoms with Gasteiger partial charge in [0.2, 0.25) is 0 Å². The summed E-state index contributed by atoms with van der Waals surface area (Å²) in [6.07, 6.45) is 4.33. The zero-order valence-corrected chi connectivity index (χ0v) is 10.9. The van der Waals surface area contributed by atoms with Crippen molar-refractivity contribution in [1.29, 1.82) is 0 Å². The molecule has 94 valence electrons. The van der Waals surface area contributed by atoms with Crippen LogP contribution in [0.2, 0.25) is 5.02 Å². The molecule has 1 N–H and O–H groups in total. The molecule has 0 bridgehead atoms. The van der Waals surface area contributed by atoms with Crippen molar-refractivity contribution in [3.05, 3.63) is 35.0 Å². The van der Waals surface area contributed by atoms with E-state index in [9.17, 15) is 9.90 Å². The SMILES string of the molecule is Cn1cc(C2(C(=O)O)CCC2)c2cccc(Cl)c21. The molecule has 0 aliphatic heterocycles. The van der Waals surface area contributed by atoms with Gasteiger partial charge in [-0.25, -0.2) is 0 Å². The predicted octanol–water partition coefficient (Wildman–Crippen LogP) is 3.34. The molecule has 0 atom stereocenters. The number of para-hydroxylation sites is 1. The zero-order chi connectivity index (χ0) is 12.9. The lowest BCUT2D eigenvalue weighted by molar-refractivity contribution is -0.147. The molecule has 0 amide bonds. The minimum atomic E-state index is -0.721. The lowest BCUT2D eigenvalue weighted by Crippen LogP contribution is -2.42. The smallest absolute Gasteiger partial charge is 0.314 e. The van der Waals surface area contributed by atoms with Gasteiger partial charge < -0.3 is 9.67 Å². The summed E-state index contributed by atoms with van der Waals surface area (Å²) in [5.41, 5.74) is 1.12. The van der Waals surface area contributed by atoms with E-state index in [1.807, 2.05) is 36.0 Å². The van der Waals surface area contributed by atoms with Crippen LogP contribution in [0.3, 0.4) is 0 Å². The molecule has 1 aromatic carbocycles. The topological polar surface area (TPSA) is 42.2 Å². The van der Waals surface area contributed by atoms with Gasteiger partial charge in [0.15, 0.2) is 0 Å². The van der Waals surface area contributed by atoms with Crippen LogP contribution in [0, 0.1) is 0 Å². The fourth-order valence-electron chi connectivity index (χ4n) is 2.93. The van der Waals surface area contributed by atoms with Crippen LogP contribution in [0.5, 0.6) is 0 Å². The highest BCUT2D eigenvalue weighted by atomic mass is 35.5. The molecule has 0 unspecified atom stereocenters. The first-order chi connectivity index (χ1) is 8.56. The summed E-state index contributed by atoms with van der Waals surface area (Å²) in [4.78, 5) is 11.6. The molecule has 3 nitrogen and oxygen atoms in total. The Labute approximate surface area is 110 Å². The summed E-state index contributed by atoms with van der Waals surface area (Å²) in [6, 6.07) is 5.67. The van der Waals surface area contributed by atoms with Crippen molar-refractivity contribution < 1.29 is 9.90 Å². The minimum absolute atomic E-state index is 0.668. The molecule has 1 aliphatic rings. The number of carbonyl (C=O) groups is 1. The van der Waals surface area contributed by atoms with Gasteiger partial charge in [-0.1, -0.05) is 30.2 Å². The molecule has 1 heterocycles. The molecule has 3 rings (SSSR count). The Morgan fingerprint density at radius 3 is 2.72 bits per heavy atom. The average molecular weight is 264 g/mol. The van der Waals surface area contributed by atoms with Gasteiger partial charge in [-0.05, 0) is 24.5 Å². The van der Waals surface area contributed by atoms with E-state index in [1.54, 1.807) is 0 Å². The maximum absolute atomic E-state index is 11.6. The lowest BCUT2D eigenvalue weighted by atomic mass is 9.64. The Kier molecular flexibility index (Phi) is 2.42. The number of carboxylic acids is 1. The van der Waals surface area contributed by atoms with Crippen LogP contribution < -0.4 is 0 Å². The Balaban J connectivity index is 2.31. The molecular formula is C14H14ClNO2. The Morgan fingerprint density at radius 2 is 2.17 bits per heavy atom. The molecule has 1 aromatic heterocycles. The van der Waals surface area contributed by atoms with Crippen molar-refractivity contribution in [2.75, 3.05) is 0 Å². The average Bonchev–Trinajstić information content (AvgIpc) is 2.56. The standard InChI is InChI=1S/C14H14ClNO2/c1-16-8-10(14(13(17)18)6-3-7-14)9-4-2-5-11(15)12(9)16/h2,4-5,8H,3,6-7H2,1H3,(H,17,18). The number of nitrogens with zero attached hydrogens (tertiary/aromatic N) is 1. The number of fused-ring (bicyclic) bond motifs is 1. The van der Waals surface area contributed by atoms with E-state index in [1.165, 1.54) is 0 Å². The molecular weight excluding hydrogens is 250 g/mol. The van der Waals surface area contributed by atoms with Gasteiger partial charge in [-0.3, -0.25) is 4.79 Å². The fourth-order valence-corrected chi connectivity index (χ4v) is 3.24. The van der Waals surface area contributed by atoms with Gasteiger partial charge in [0.05, 0.1) is 16.0 Å². The Bertz CT molecular complexity index is 641. The second-order valence-electron chi connectivity index (χ2n) is 5.03. The maximum atomic E-state index is 11.6. The van der Waals surface area contributed by atoms with E-state index in [2.05, 4.69) is 0 Å². The molecule has 2 aromatic rings. The zero-order valence-electron chi connectivity index (χ0n) is 10.1. The Hall–Kier alpha value is -1.48. The van der Waals surface area contributed by atoms with Crippen LogP contribution in [0.25, 0.3) is 10.9 Å². The first kappa shape index (κ1) is 11.6. The molecule has 1 aliphatic carbocycles. The van der Waals surface area contributed by atoms with Crippen molar-refractivity contribution in [3.8, 4) is 0 Å². The molecule has 1 fully saturated rings. The van der Waals surface area contributed by atoms with Crippen LogP contribution in [0.4, 0.5) is 0 Å². The number of carboxylic acid groups (broad SMARTS) is 1. The summed E-state index contributed by atoms with van der Waals surface area (Å²) in [5, 5.41) is 11.2. The van der Waals surface area contributed by atoms with Gasteiger partial charge in [0.25, 0.3) is 0 Å². The highest BCUT2D eigenvalue weighted by molar-refractivity contribution is 6.35.